The van der Waals surface area contributed by atoms with Crippen molar-refractivity contribution < 1.29 is 13.2 Å². The van der Waals surface area contributed by atoms with E-state index >= 15 is 0 Å². The van der Waals surface area contributed by atoms with E-state index in [1.165, 1.54) is 6.92 Å². The first-order valence-corrected chi connectivity index (χ1v) is 3.22. The van der Waals surface area contributed by atoms with E-state index in [4.69, 9.17) is 5.73 Å². The molecule has 1 aromatic heterocycles. The second kappa shape index (κ2) is 3.00. The van der Waals surface area contributed by atoms with Crippen LogP contribution in [0.25, 0.3) is 0 Å². The number of anilines is 1. The van der Waals surface area contributed by atoms with Crippen molar-refractivity contribution in [2.45, 2.75) is 13.3 Å². The van der Waals surface area contributed by atoms with Gasteiger partial charge in [-0.05, 0) is 6.92 Å². The molecule has 5 heteroatoms. The van der Waals surface area contributed by atoms with Gasteiger partial charge < -0.3 is 5.73 Å². The largest absolute Gasteiger partial charge is 0.396 e. The highest BCUT2D eigenvalue weighted by atomic mass is 19.3. The van der Waals surface area contributed by atoms with Crippen LogP contribution in [0.2, 0.25) is 0 Å². The Morgan fingerprint density at radius 1 is 1.50 bits per heavy atom. The SMILES string of the molecule is Cc1ncc(C(F)F)c(N)c1F. The summed E-state index contributed by atoms with van der Waals surface area (Å²) in [6.45, 7) is 1.36. The Hall–Kier alpha value is -1.26. The zero-order chi connectivity index (χ0) is 9.30. The quantitative estimate of drug-likeness (QED) is 0.711. The lowest BCUT2D eigenvalue weighted by molar-refractivity contribution is 0.151. The zero-order valence-corrected chi connectivity index (χ0v) is 6.31. The summed E-state index contributed by atoms with van der Waals surface area (Å²) in [6, 6.07) is 0. The highest BCUT2D eigenvalue weighted by Crippen LogP contribution is 2.26. The molecule has 0 saturated carbocycles. The van der Waals surface area contributed by atoms with Gasteiger partial charge in [-0.3, -0.25) is 4.98 Å². The molecular weight excluding hydrogens is 169 g/mol. The summed E-state index contributed by atoms with van der Waals surface area (Å²) in [4.78, 5) is 3.43. The molecular formula is C7H7F3N2. The molecule has 0 fully saturated rings. The number of alkyl halides is 2. The van der Waals surface area contributed by atoms with Gasteiger partial charge in [-0.15, -0.1) is 0 Å². The molecule has 0 saturated heterocycles. The molecule has 1 aromatic rings. The van der Waals surface area contributed by atoms with E-state index in [2.05, 4.69) is 4.98 Å². The molecule has 2 nitrogen and oxygen atoms in total. The molecule has 12 heavy (non-hydrogen) atoms. The van der Waals surface area contributed by atoms with Crippen molar-refractivity contribution in [2.24, 2.45) is 0 Å². The van der Waals surface area contributed by atoms with E-state index < -0.39 is 23.5 Å². The van der Waals surface area contributed by atoms with Crippen LogP contribution < -0.4 is 5.73 Å². The van der Waals surface area contributed by atoms with Gasteiger partial charge in [-0.25, -0.2) is 13.2 Å². The first-order valence-electron chi connectivity index (χ1n) is 3.22. The number of aryl methyl sites for hydroxylation is 1. The van der Waals surface area contributed by atoms with Crippen molar-refractivity contribution in [2.75, 3.05) is 5.73 Å². The summed E-state index contributed by atoms with van der Waals surface area (Å²) in [5.41, 5.74) is 4.04. The molecule has 2 N–H and O–H groups in total. The fourth-order valence-electron chi connectivity index (χ4n) is 0.788. The molecule has 0 aliphatic heterocycles. The average molecular weight is 176 g/mol. The molecule has 0 amide bonds. The van der Waals surface area contributed by atoms with Crippen LogP contribution in [0.15, 0.2) is 6.20 Å². The summed E-state index contributed by atoms with van der Waals surface area (Å²) in [5, 5.41) is 0. The number of nitrogen functional groups attached to an aromatic ring is 1. The van der Waals surface area contributed by atoms with Gasteiger partial charge in [0.25, 0.3) is 6.43 Å². The maximum Gasteiger partial charge on any atom is 0.267 e. The number of rotatable bonds is 1. The van der Waals surface area contributed by atoms with E-state index in [1.807, 2.05) is 0 Å². The topological polar surface area (TPSA) is 38.9 Å². The number of halogens is 3. The highest BCUT2D eigenvalue weighted by Gasteiger charge is 2.16. The van der Waals surface area contributed by atoms with Gasteiger partial charge in [0.2, 0.25) is 0 Å². The second-order valence-electron chi connectivity index (χ2n) is 2.33. The monoisotopic (exact) mass is 176 g/mol. The van der Waals surface area contributed by atoms with E-state index in [9.17, 15) is 13.2 Å². The minimum atomic E-state index is -2.78. The number of hydrogen-bond donors (Lipinski definition) is 1. The van der Waals surface area contributed by atoms with Gasteiger partial charge in [-0.1, -0.05) is 0 Å². The third-order valence-corrected chi connectivity index (χ3v) is 1.50. The van der Waals surface area contributed by atoms with Crippen molar-refractivity contribution in [1.29, 1.82) is 0 Å². The Morgan fingerprint density at radius 2 is 2.08 bits per heavy atom. The zero-order valence-electron chi connectivity index (χ0n) is 6.31. The van der Waals surface area contributed by atoms with Crippen LogP contribution in [0.3, 0.4) is 0 Å². The molecule has 0 unspecified atom stereocenters. The lowest BCUT2D eigenvalue weighted by Crippen LogP contribution is -2.02. The van der Waals surface area contributed by atoms with Crippen LogP contribution in [0.4, 0.5) is 18.9 Å². The Labute approximate surface area is 67.2 Å². The minimum Gasteiger partial charge on any atom is -0.396 e. The Balaban J connectivity index is 3.27. The maximum atomic E-state index is 12.8. The number of hydrogen-bond acceptors (Lipinski definition) is 2. The molecule has 0 spiro atoms. The maximum absolute atomic E-state index is 12.8. The Kier molecular flexibility index (Phi) is 2.21. The first kappa shape index (κ1) is 8.83. The van der Waals surface area contributed by atoms with Crippen LogP contribution in [0, 0.1) is 12.7 Å². The van der Waals surface area contributed by atoms with Crippen LogP contribution in [-0.4, -0.2) is 4.98 Å². The number of pyridine rings is 1. The van der Waals surface area contributed by atoms with Crippen molar-refractivity contribution >= 4 is 5.69 Å². The lowest BCUT2D eigenvalue weighted by Gasteiger charge is -2.05. The van der Waals surface area contributed by atoms with Gasteiger partial charge in [0, 0.05) is 6.20 Å². The highest BCUT2D eigenvalue weighted by molar-refractivity contribution is 5.48. The standard InChI is InChI=1S/C7H7F3N2/c1-3-5(8)6(11)4(2-12-3)7(9)10/h2,7H,1H3,(H2,11,12). The molecule has 66 valence electrons. The molecule has 0 aromatic carbocycles. The average Bonchev–Trinajstić information content (AvgIpc) is 2.00. The van der Waals surface area contributed by atoms with E-state index in [-0.39, 0.29) is 5.69 Å². The summed E-state index contributed by atoms with van der Waals surface area (Å²) in [6.07, 6.45) is -1.90. The molecule has 0 aliphatic rings. The summed E-state index contributed by atoms with van der Waals surface area (Å²) < 4.78 is 36.9. The van der Waals surface area contributed by atoms with E-state index in [0.29, 0.717) is 0 Å². The minimum absolute atomic E-state index is 0.0249. The third kappa shape index (κ3) is 1.34. The van der Waals surface area contributed by atoms with Crippen LogP contribution in [-0.2, 0) is 0 Å². The summed E-state index contributed by atoms with van der Waals surface area (Å²) >= 11 is 0. The van der Waals surface area contributed by atoms with Gasteiger partial charge in [0.15, 0.2) is 5.82 Å². The number of nitrogens with two attached hydrogens (primary N) is 1. The molecule has 1 rings (SSSR count). The Bertz CT molecular complexity index is 299. The van der Waals surface area contributed by atoms with Gasteiger partial charge >= 0.3 is 0 Å². The number of nitrogens with zero attached hydrogens (tertiary/aromatic N) is 1. The van der Waals surface area contributed by atoms with Crippen molar-refractivity contribution in [3.63, 3.8) is 0 Å². The van der Waals surface area contributed by atoms with Gasteiger partial charge in [0.1, 0.15) is 0 Å². The smallest absolute Gasteiger partial charge is 0.267 e. The summed E-state index contributed by atoms with van der Waals surface area (Å²) in [7, 11) is 0. The fourth-order valence-corrected chi connectivity index (χ4v) is 0.788. The lowest BCUT2D eigenvalue weighted by atomic mass is 10.2. The molecule has 0 aliphatic carbocycles. The molecule has 0 radical (unpaired) electrons. The van der Waals surface area contributed by atoms with Crippen molar-refractivity contribution in [3.8, 4) is 0 Å². The molecule has 0 atom stereocenters. The van der Waals surface area contributed by atoms with Gasteiger partial charge in [-0.2, -0.15) is 0 Å². The van der Waals surface area contributed by atoms with E-state index in [0.717, 1.165) is 6.20 Å². The third-order valence-electron chi connectivity index (χ3n) is 1.50. The second-order valence-corrected chi connectivity index (χ2v) is 2.33. The van der Waals surface area contributed by atoms with Crippen LogP contribution >= 0.6 is 0 Å². The van der Waals surface area contributed by atoms with Crippen molar-refractivity contribution in [3.05, 3.63) is 23.3 Å². The predicted molar refractivity (Wildman–Crippen MR) is 38.3 cm³/mol. The Morgan fingerprint density at radius 3 is 2.58 bits per heavy atom. The molecule has 0 bridgehead atoms. The predicted octanol–water partition coefficient (Wildman–Crippen LogP) is 2.05. The first-order chi connectivity index (χ1) is 5.54. The van der Waals surface area contributed by atoms with Crippen molar-refractivity contribution in [1.82, 2.24) is 4.98 Å². The number of aromatic nitrogens is 1. The van der Waals surface area contributed by atoms with Crippen LogP contribution in [0.1, 0.15) is 17.7 Å². The van der Waals surface area contributed by atoms with Gasteiger partial charge in [0.05, 0.1) is 16.9 Å². The van der Waals surface area contributed by atoms with E-state index in [1.54, 1.807) is 0 Å². The van der Waals surface area contributed by atoms with Crippen LogP contribution in [0.5, 0.6) is 0 Å². The summed E-state index contributed by atoms with van der Waals surface area (Å²) in [5.74, 6) is -0.868. The fraction of sp³-hybridized carbons (Fsp3) is 0.286. The molecule has 1 heterocycles. The normalized spacial score (nSPS) is 10.8.